The average Bonchev–Trinajstić information content (AvgIpc) is 3.23. The van der Waals surface area contributed by atoms with Gasteiger partial charge in [0.05, 0.1) is 12.3 Å². The number of ether oxygens (including phenoxy) is 3. The fourth-order valence-corrected chi connectivity index (χ4v) is 2.79. The molecule has 1 unspecified atom stereocenters. The molecule has 1 fully saturated rings. The van der Waals surface area contributed by atoms with Crippen molar-refractivity contribution in [3.05, 3.63) is 29.8 Å². The van der Waals surface area contributed by atoms with Gasteiger partial charge in [0.15, 0.2) is 18.1 Å². The topological polar surface area (TPSA) is 66.0 Å². The number of hydrogen-bond acceptors (Lipinski definition) is 6. The number of rotatable bonds is 6. The molecular weight excluding hydrogens is 367 g/mol. The molecule has 2 heterocycles. The van der Waals surface area contributed by atoms with Crippen LogP contribution in [0.2, 0.25) is 0 Å². The molecule has 0 bridgehead atoms. The van der Waals surface area contributed by atoms with E-state index in [-0.39, 0.29) is 17.9 Å². The van der Waals surface area contributed by atoms with Gasteiger partial charge in [-0.3, -0.25) is 15.1 Å². The summed E-state index contributed by atoms with van der Waals surface area (Å²) in [5.41, 5.74) is 3.47. The van der Waals surface area contributed by atoms with Crippen LogP contribution in [0.15, 0.2) is 24.3 Å². The van der Waals surface area contributed by atoms with Gasteiger partial charge in [0, 0.05) is 25.0 Å². The molecule has 1 saturated heterocycles. The van der Waals surface area contributed by atoms with Crippen LogP contribution in [-0.4, -0.2) is 37.6 Å². The summed E-state index contributed by atoms with van der Waals surface area (Å²) in [6.07, 6.45) is -1.24. The maximum atomic E-state index is 12.5. The van der Waals surface area contributed by atoms with E-state index < -0.39 is 24.4 Å². The van der Waals surface area contributed by atoms with Crippen LogP contribution in [-0.2, 0) is 14.4 Å². The molecule has 1 atom stereocenters. The third-order valence-corrected chi connectivity index (χ3v) is 4.11. The fourth-order valence-electron chi connectivity index (χ4n) is 2.79. The minimum absolute atomic E-state index is 0.0680. The first-order chi connectivity index (χ1) is 12.8. The van der Waals surface area contributed by atoms with Crippen LogP contribution in [0, 0.1) is 0 Å². The summed E-state index contributed by atoms with van der Waals surface area (Å²) in [6.45, 7) is 1.31. The predicted molar refractivity (Wildman–Crippen MR) is 88.9 cm³/mol. The van der Waals surface area contributed by atoms with E-state index in [0.29, 0.717) is 37.3 Å². The van der Waals surface area contributed by atoms with Gasteiger partial charge in [0.2, 0.25) is 0 Å². The summed E-state index contributed by atoms with van der Waals surface area (Å²) in [5, 5.41) is 0. The highest BCUT2D eigenvalue weighted by Gasteiger charge is 2.39. The van der Waals surface area contributed by atoms with Gasteiger partial charge >= 0.3 is 12.1 Å². The molecule has 0 saturated carbocycles. The highest BCUT2D eigenvalue weighted by Crippen LogP contribution is 2.36. The molecule has 0 amide bonds. The minimum Gasteiger partial charge on any atom is -0.480 e. The Kier molecular flexibility index (Phi) is 5.61. The van der Waals surface area contributed by atoms with Crippen LogP contribution < -0.4 is 15.0 Å². The Hall–Kier alpha value is -2.26. The zero-order valence-electron chi connectivity index (χ0n) is 14.7. The number of hydrogen-bond donors (Lipinski definition) is 1. The normalized spacial score (nSPS) is 21.9. The summed E-state index contributed by atoms with van der Waals surface area (Å²) in [7, 11) is 0. The van der Waals surface area contributed by atoms with Crippen LogP contribution in [0.3, 0.4) is 0 Å². The first-order valence-corrected chi connectivity index (χ1v) is 8.59. The van der Waals surface area contributed by atoms with Gasteiger partial charge in [0.25, 0.3) is 0 Å². The Morgan fingerprint density at radius 2 is 2.15 bits per heavy atom. The predicted octanol–water partition coefficient (Wildman–Crippen LogP) is 3.37. The van der Waals surface area contributed by atoms with Crippen LogP contribution in [0.1, 0.15) is 31.7 Å². The molecule has 0 aromatic heterocycles. The van der Waals surface area contributed by atoms with E-state index in [0.717, 1.165) is 0 Å². The first-order valence-electron chi connectivity index (χ1n) is 8.59. The van der Waals surface area contributed by atoms with Crippen molar-refractivity contribution >= 4 is 11.7 Å². The monoisotopic (exact) mass is 387 g/mol. The summed E-state index contributed by atoms with van der Waals surface area (Å²) in [5.74, 6) is -0.766. The molecule has 1 aromatic rings. The van der Waals surface area contributed by atoms with Crippen molar-refractivity contribution in [2.24, 2.45) is 0 Å². The van der Waals surface area contributed by atoms with E-state index in [1.807, 2.05) is 6.08 Å². The summed E-state index contributed by atoms with van der Waals surface area (Å²) in [4.78, 5) is 17.4. The van der Waals surface area contributed by atoms with E-state index in [9.17, 15) is 18.0 Å². The molecule has 6 nitrogen and oxygen atoms in total. The number of carbonyl (C=O) groups excluding carboxylic acids is 1. The van der Waals surface area contributed by atoms with E-state index >= 15 is 0 Å². The second-order valence-electron chi connectivity index (χ2n) is 6.42. The first kappa shape index (κ1) is 19.5. The van der Waals surface area contributed by atoms with E-state index in [1.54, 1.807) is 13.0 Å². The Labute approximate surface area is 154 Å². The van der Waals surface area contributed by atoms with Gasteiger partial charge in [-0.2, -0.15) is 13.2 Å². The van der Waals surface area contributed by atoms with Crippen molar-refractivity contribution < 1.29 is 37.0 Å². The molecule has 1 N–H and O–H groups in total. The van der Waals surface area contributed by atoms with Gasteiger partial charge in [0.1, 0.15) is 5.60 Å². The Balaban J connectivity index is 1.84. The number of hydroxylamine groups is 1. The Bertz CT molecular complexity index is 726. The number of esters is 1. The van der Waals surface area contributed by atoms with Crippen LogP contribution >= 0.6 is 0 Å². The number of nitrogens with one attached hydrogen (secondary N) is 1. The van der Waals surface area contributed by atoms with Crippen molar-refractivity contribution in [3.63, 3.8) is 0 Å². The lowest BCUT2D eigenvalue weighted by Gasteiger charge is -2.15. The van der Waals surface area contributed by atoms with Crippen molar-refractivity contribution in [2.45, 2.75) is 38.0 Å². The lowest BCUT2D eigenvalue weighted by molar-refractivity contribution is -0.153. The maximum Gasteiger partial charge on any atom is 0.422 e. The zero-order valence-corrected chi connectivity index (χ0v) is 14.7. The smallest absolute Gasteiger partial charge is 0.422 e. The Morgan fingerprint density at radius 1 is 1.33 bits per heavy atom. The zero-order chi connectivity index (χ0) is 19.5. The van der Waals surface area contributed by atoms with Gasteiger partial charge in [-0.25, -0.2) is 0 Å². The fraction of sp³-hybridized carbons (Fsp3) is 0.500. The highest BCUT2D eigenvalue weighted by atomic mass is 19.4. The third kappa shape index (κ3) is 4.92. The number of alkyl halides is 3. The van der Waals surface area contributed by atoms with E-state index in [1.165, 1.54) is 12.1 Å². The van der Waals surface area contributed by atoms with Gasteiger partial charge in [-0.15, -0.1) is 0 Å². The molecule has 27 heavy (non-hydrogen) atoms. The van der Waals surface area contributed by atoms with Crippen molar-refractivity contribution in [1.29, 1.82) is 0 Å². The lowest BCUT2D eigenvalue weighted by atomic mass is 10.0. The van der Waals surface area contributed by atoms with Crippen LogP contribution in [0.25, 0.3) is 5.70 Å². The highest BCUT2D eigenvalue weighted by molar-refractivity contribution is 5.75. The SMILES string of the molecule is CCCC(=O)Oc1cc(C2=CC3(CCOC3)ON2)ccc1OCC(F)(F)F. The van der Waals surface area contributed by atoms with E-state index in [4.69, 9.17) is 19.0 Å². The second-order valence-corrected chi connectivity index (χ2v) is 6.42. The molecule has 3 rings (SSSR count). The van der Waals surface area contributed by atoms with Gasteiger partial charge in [-0.1, -0.05) is 6.92 Å². The summed E-state index contributed by atoms with van der Waals surface area (Å²) < 4.78 is 52.8. The van der Waals surface area contributed by atoms with E-state index in [2.05, 4.69) is 5.48 Å². The number of halogens is 3. The third-order valence-electron chi connectivity index (χ3n) is 4.11. The maximum absolute atomic E-state index is 12.5. The molecule has 0 radical (unpaired) electrons. The molecule has 9 heteroatoms. The Morgan fingerprint density at radius 3 is 2.81 bits per heavy atom. The largest absolute Gasteiger partial charge is 0.480 e. The van der Waals surface area contributed by atoms with Crippen molar-refractivity contribution in [2.75, 3.05) is 19.8 Å². The molecule has 0 aliphatic carbocycles. The molecular formula is C18H20F3NO5. The van der Waals surface area contributed by atoms with Crippen molar-refractivity contribution in [3.8, 4) is 11.5 Å². The molecule has 2 aliphatic rings. The second kappa shape index (κ2) is 7.77. The van der Waals surface area contributed by atoms with Crippen LogP contribution in [0.4, 0.5) is 13.2 Å². The molecule has 1 aromatic carbocycles. The van der Waals surface area contributed by atoms with Gasteiger partial charge in [-0.05, 0) is 30.7 Å². The van der Waals surface area contributed by atoms with Crippen molar-refractivity contribution in [1.82, 2.24) is 5.48 Å². The lowest BCUT2D eigenvalue weighted by Crippen LogP contribution is -2.29. The number of carbonyl (C=O) groups is 1. The summed E-state index contributed by atoms with van der Waals surface area (Å²) >= 11 is 0. The molecule has 1 spiro atoms. The number of benzene rings is 1. The molecule has 148 valence electrons. The quantitative estimate of drug-likeness (QED) is 0.596. The van der Waals surface area contributed by atoms with Gasteiger partial charge < -0.3 is 14.2 Å². The average molecular weight is 387 g/mol. The standard InChI is InChI=1S/C18H20F3NO5/c1-2-3-16(23)26-15-8-12(4-5-14(15)25-11-18(19,20)21)13-9-17(27-22-13)6-7-24-10-17/h4-5,8-9,22H,2-3,6-7,10-11H2,1H3. The molecule has 2 aliphatic heterocycles. The summed E-state index contributed by atoms with van der Waals surface area (Å²) in [6, 6.07) is 4.37. The van der Waals surface area contributed by atoms with Crippen LogP contribution in [0.5, 0.6) is 11.5 Å². The minimum atomic E-state index is -4.50.